The Hall–Kier alpha value is -0.0400. The Labute approximate surface area is 94.2 Å². The van der Waals surface area contributed by atoms with Crippen molar-refractivity contribution in [3.8, 4) is 0 Å². The van der Waals surface area contributed by atoms with E-state index >= 15 is 0 Å². The van der Waals surface area contributed by atoms with Crippen molar-refractivity contribution in [3.05, 3.63) is 0 Å². The minimum Gasteiger partial charge on any atom is -0.337 e. The van der Waals surface area contributed by atoms with Crippen LogP contribution in [-0.4, -0.2) is 20.1 Å². The molecule has 0 amide bonds. The van der Waals surface area contributed by atoms with E-state index in [1.807, 2.05) is 0 Å². The largest absolute Gasteiger partial charge is 0.337 e. The van der Waals surface area contributed by atoms with Crippen LogP contribution >= 0.6 is 0 Å². The van der Waals surface area contributed by atoms with Crippen molar-refractivity contribution in [2.45, 2.75) is 51.5 Å². The van der Waals surface area contributed by atoms with E-state index in [4.69, 9.17) is 0 Å². The molecule has 0 unspecified atom stereocenters. The molecule has 4 aliphatic rings. The lowest BCUT2D eigenvalue weighted by Crippen LogP contribution is -3.11. The maximum Gasteiger partial charge on any atom is 0.0899 e. The molecule has 0 aromatic rings. The number of rotatable bonds is 2. The quantitative estimate of drug-likeness (QED) is 0.705. The van der Waals surface area contributed by atoms with Crippen LogP contribution in [0.25, 0.3) is 0 Å². The number of quaternary nitrogens is 1. The Morgan fingerprint density at radius 1 is 0.933 bits per heavy atom. The Morgan fingerprint density at radius 2 is 1.33 bits per heavy atom. The van der Waals surface area contributed by atoms with Crippen molar-refractivity contribution in [3.63, 3.8) is 0 Å². The second-order valence-corrected chi connectivity index (χ2v) is 7.08. The highest BCUT2D eigenvalue weighted by molar-refractivity contribution is 5.03. The van der Waals surface area contributed by atoms with Gasteiger partial charge in [0.2, 0.25) is 0 Å². The van der Waals surface area contributed by atoms with Crippen LogP contribution in [0.1, 0.15) is 45.4 Å². The standard InChI is InChI=1S/C14H25N/c1-10(15(2)3)14-7-11-4-12(8-14)6-13(5-11)9-14/h10-13H,4-9H2,1-3H3/p+1/t10-,11?,12?,13?,14?/m0/s1. The van der Waals surface area contributed by atoms with E-state index < -0.39 is 0 Å². The summed E-state index contributed by atoms with van der Waals surface area (Å²) in [7, 11) is 4.70. The van der Waals surface area contributed by atoms with E-state index in [1.54, 1.807) is 43.4 Å². The van der Waals surface area contributed by atoms with Crippen molar-refractivity contribution in [1.82, 2.24) is 0 Å². The molecular formula is C14H26N+. The van der Waals surface area contributed by atoms with Gasteiger partial charge < -0.3 is 4.90 Å². The molecule has 0 aromatic heterocycles. The molecule has 1 nitrogen and oxygen atoms in total. The third-order valence-corrected chi connectivity index (χ3v) is 5.87. The fourth-order valence-corrected chi connectivity index (χ4v) is 5.32. The molecule has 15 heavy (non-hydrogen) atoms. The van der Waals surface area contributed by atoms with E-state index in [0.717, 1.165) is 29.2 Å². The maximum atomic E-state index is 2.50. The highest BCUT2D eigenvalue weighted by Gasteiger charge is 2.54. The zero-order chi connectivity index (χ0) is 10.6. The van der Waals surface area contributed by atoms with Gasteiger partial charge in [0.15, 0.2) is 0 Å². The average molecular weight is 208 g/mol. The molecule has 0 aromatic carbocycles. The fourth-order valence-electron chi connectivity index (χ4n) is 5.32. The van der Waals surface area contributed by atoms with Crippen LogP contribution < -0.4 is 4.90 Å². The Balaban J connectivity index is 1.86. The summed E-state index contributed by atoms with van der Waals surface area (Å²) in [4.78, 5) is 1.68. The van der Waals surface area contributed by atoms with Crippen molar-refractivity contribution in [1.29, 1.82) is 0 Å². The van der Waals surface area contributed by atoms with Gasteiger partial charge >= 0.3 is 0 Å². The SMILES string of the molecule is C[C@H]([NH+](C)C)C12CC3CC(CC(C3)C1)C2. The molecule has 4 saturated carbocycles. The van der Waals surface area contributed by atoms with Gasteiger partial charge in [-0.05, 0) is 63.2 Å². The molecule has 1 heteroatoms. The smallest absolute Gasteiger partial charge is 0.0899 e. The Kier molecular flexibility index (Phi) is 2.18. The van der Waals surface area contributed by atoms with Crippen LogP contribution in [0.3, 0.4) is 0 Å². The van der Waals surface area contributed by atoms with E-state index in [9.17, 15) is 0 Å². The first-order valence-electron chi connectivity index (χ1n) is 6.89. The minimum absolute atomic E-state index is 0.744. The third-order valence-electron chi connectivity index (χ3n) is 5.87. The minimum atomic E-state index is 0.744. The summed E-state index contributed by atoms with van der Waals surface area (Å²) in [6.07, 6.45) is 9.42. The van der Waals surface area contributed by atoms with Crippen molar-refractivity contribution in [2.24, 2.45) is 23.2 Å². The Bertz CT molecular complexity index is 221. The summed E-state index contributed by atoms with van der Waals surface area (Å²) < 4.78 is 0. The second kappa shape index (κ2) is 3.23. The molecule has 0 heterocycles. The van der Waals surface area contributed by atoms with E-state index in [0.29, 0.717) is 0 Å². The van der Waals surface area contributed by atoms with Crippen molar-refractivity contribution in [2.75, 3.05) is 14.1 Å². The molecule has 4 fully saturated rings. The molecule has 4 bridgehead atoms. The van der Waals surface area contributed by atoms with Crippen LogP contribution in [-0.2, 0) is 0 Å². The maximum absolute atomic E-state index is 2.50. The molecule has 0 spiro atoms. The first-order valence-corrected chi connectivity index (χ1v) is 6.89. The summed E-state index contributed by atoms with van der Waals surface area (Å²) in [6.45, 7) is 2.50. The third kappa shape index (κ3) is 1.46. The number of hydrogen-bond acceptors (Lipinski definition) is 0. The molecule has 4 aliphatic carbocycles. The summed E-state index contributed by atoms with van der Waals surface area (Å²) >= 11 is 0. The van der Waals surface area contributed by atoms with Crippen LogP contribution in [0.5, 0.6) is 0 Å². The normalized spacial score (nSPS) is 50.0. The lowest BCUT2D eigenvalue weighted by molar-refractivity contribution is -0.893. The van der Waals surface area contributed by atoms with Crippen LogP contribution in [0.15, 0.2) is 0 Å². The molecule has 86 valence electrons. The summed E-state index contributed by atoms with van der Waals surface area (Å²) in [5.41, 5.74) is 0.744. The highest BCUT2D eigenvalue weighted by Crippen LogP contribution is 2.60. The van der Waals surface area contributed by atoms with Crippen molar-refractivity contribution < 1.29 is 4.90 Å². The fraction of sp³-hybridized carbons (Fsp3) is 1.00. The van der Waals surface area contributed by atoms with Gasteiger partial charge in [0, 0.05) is 5.41 Å². The monoisotopic (exact) mass is 208 g/mol. The number of hydrogen-bond donors (Lipinski definition) is 1. The molecule has 0 radical (unpaired) electrons. The van der Waals surface area contributed by atoms with Gasteiger partial charge in [-0.2, -0.15) is 0 Å². The zero-order valence-corrected chi connectivity index (χ0v) is 10.6. The van der Waals surface area contributed by atoms with Gasteiger partial charge in [0.25, 0.3) is 0 Å². The average Bonchev–Trinajstić information content (AvgIpc) is 2.14. The predicted octanol–water partition coefficient (Wildman–Crippen LogP) is 1.74. The summed E-state index contributed by atoms with van der Waals surface area (Å²) in [6, 6.07) is 0.880. The molecule has 1 atom stereocenters. The highest BCUT2D eigenvalue weighted by atomic mass is 15.1. The van der Waals surface area contributed by atoms with E-state index in [1.165, 1.54) is 0 Å². The van der Waals surface area contributed by atoms with Gasteiger partial charge in [-0.25, -0.2) is 0 Å². The second-order valence-electron chi connectivity index (χ2n) is 7.08. The topological polar surface area (TPSA) is 4.44 Å². The molecule has 0 saturated heterocycles. The summed E-state index contributed by atoms with van der Waals surface area (Å²) in [5.74, 6) is 3.33. The van der Waals surface area contributed by atoms with Gasteiger partial charge in [0.05, 0.1) is 20.1 Å². The van der Waals surface area contributed by atoms with Crippen molar-refractivity contribution >= 4 is 0 Å². The van der Waals surface area contributed by atoms with E-state index in [2.05, 4.69) is 21.0 Å². The van der Waals surface area contributed by atoms with E-state index in [-0.39, 0.29) is 0 Å². The first-order chi connectivity index (χ1) is 7.09. The molecular weight excluding hydrogens is 182 g/mol. The molecule has 0 aliphatic heterocycles. The molecule has 4 rings (SSSR count). The van der Waals surface area contributed by atoms with Crippen LogP contribution in [0.2, 0.25) is 0 Å². The molecule has 1 N–H and O–H groups in total. The predicted molar refractivity (Wildman–Crippen MR) is 62.9 cm³/mol. The Morgan fingerprint density at radius 3 is 1.67 bits per heavy atom. The lowest BCUT2D eigenvalue weighted by atomic mass is 9.48. The van der Waals surface area contributed by atoms with Gasteiger partial charge in [-0.3, -0.25) is 0 Å². The zero-order valence-electron chi connectivity index (χ0n) is 10.6. The first kappa shape index (κ1) is 10.1. The van der Waals surface area contributed by atoms with Gasteiger partial charge in [0.1, 0.15) is 0 Å². The summed E-state index contributed by atoms with van der Waals surface area (Å²) in [5, 5.41) is 0. The van der Waals surface area contributed by atoms with Gasteiger partial charge in [-0.1, -0.05) is 0 Å². The number of nitrogens with one attached hydrogen (secondary N) is 1. The van der Waals surface area contributed by atoms with Gasteiger partial charge in [-0.15, -0.1) is 0 Å². The van der Waals surface area contributed by atoms with Crippen LogP contribution in [0, 0.1) is 23.2 Å². The van der Waals surface area contributed by atoms with Crippen LogP contribution in [0.4, 0.5) is 0 Å². The lowest BCUT2D eigenvalue weighted by Gasteiger charge is -2.58.